The average Bonchev–Trinajstić information content (AvgIpc) is 3.42. The lowest BCUT2D eigenvalue weighted by Crippen LogP contribution is -2.25. The quantitative estimate of drug-likeness (QED) is 0.295. The van der Waals surface area contributed by atoms with Crippen LogP contribution in [0, 0.1) is 0 Å². The summed E-state index contributed by atoms with van der Waals surface area (Å²) < 4.78 is 12.9. The Balaban J connectivity index is 1.22. The maximum atomic E-state index is 12.7. The Morgan fingerprint density at radius 3 is 2.54 bits per heavy atom. The third kappa shape index (κ3) is 5.27. The van der Waals surface area contributed by atoms with E-state index >= 15 is 0 Å². The number of tetrazole rings is 1. The van der Waals surface area contributed by atoms with Crippen LogP contribution in [0.25, 0.3) is 16.7 Å². The van der Waals surface area contributed by atoms with Crippen LogP contribution in [-0.4, -0.2) is 50.7 Å². The van der Waals surface area contributed by atoms with Crippen LogP contribution in [0.2, 0.25) is 0 Å². The zero-order chi connectivity index (χ0) is 25.6. The summed E-state index contributed by atoms with van der Waals surface area (Å²) in [5, 5.41) is 18.2. The second-order valence-corrected chi connectivity index (χ2v) is 8.22. The number of nitrogens with one attached hydrogen (secondary N) is 2. The highest BCUT2D eigenvalue weighted by Crippen LogP contribution is 2.28. The molecule has 2 N–H and O–H groups in total. The Morgan fingerprint density at radius 1 is 0.946 bits per heavy atom. The van der Waals surface area contributed by atoms with Gasteiger partial charge in [-0.3, -0.25) is 4.79 Å². The molecular weight excluding hydrogens is 470 g/mol. The molecule has 0 aliphatic carbocycles. The number of hydrogen-bond donors (Lipinski definition) is 2. The number of aromatic nitrogens is 5. The van der Waals surface area contributed by atoms with Gasteiger partial charge in [-0.1, -0.05) is 18.2 Å². The highest BCUT2D eigenvalue weighted by molar-refractivity contribution is 5.94. The van der Waals surface area contributed by atoms with E-state index in [2.05, 4.69) is 31.1 Å². The molecule has 2 aromatic heterocycles. The predicted molar refractivity (Wildman–Crippen MR) is 141 cm³/mol. The van der Waals surface area contributed by atoms with Gasteiger partial charge in [-0.2, -0.15) is 4.52 Å². The van der Waals surface area contributed by atoms with E-state index in [-0.39, 0.29) is 5.91 Å². The predicted octanol–water partition coefficient (Wildman–Crippen LogP) is 4.19. The topological polar surface area (TPSA) is 116 Å². The van der Waals surface area contributed by atoms with Crippen molar-refractivity contribution in [2.75, 3.05) is 25.1 Å². The number of ether oxygens (including phenoxy) is 2. The molecule has 2 heterocycles. The Hall–Kier alpha value is -4.73. The molecule has 0 atom stereocenters. The van der Waals surface area contributed by atoms with E-state index in [0.29, 0.717) is 43.2 Å². The van der Waals surface area contributed by atoms with Crippen molar-refractivity contribution in [3.63, 3.8) is 0 Å². The minimum absolute atomic E-state index is 0.143. The maximum Gasteiger partial charge on any atom is 0.251 e. The number of para-hydroxylation sites is 2. The summed E-state index contributed by atoms with van der Waals surface area (Å²) in [6, 6.07) is 20.7. The van der Waals surface area contributed by atoms with Gasteiger partial charge in [-0.15, -0.1) is 5.10 Å². The van der Waals surface area contributed by atoms with Gasteiger partial charge in [-0.05, 0) is 84.8 Å². The van der Waals surface area contributed by atoms with Gasteiger partial charge in [0.15, 0.2) is 17.3 Å². The van der Waals surface area contributed by atoms with Crippen molar-refractivity contribution in [1.29, 1.82) is 0 Å². The molecule has 188 valence electrons. The number of nitrogens with zero attached hydrogens (tertiary/aromatic N) is 5. The van der Waals surface area contributed by atoms with Crippen LogP contribution in [-0.2, 0) is 6.42 Å². The van der Waals surface area contributed by atoms with E-state index in [4.69, 9.17) is 9.47 Å². The van der Waals surface area contributed by atoms with Crippen LogP contribution >= 0.6 is 0 Å². The monoisotopic (exact) mass is 497 g/mol. The molecule has 3 aromatic carbocycles. The first-order valence-electron chi connectivity index (χ1n) is 12.2. The highest BCUT2D eigenvalue weighted by atomic mass is 16.5. The van der Waals surface area contributed by atoms with E-state index in [1.54, 1.807) is 16.6 Å². The Labute approximate surface area is 213 Å². The molecule has 5 aromatic rings. The summed E-state index contributed by atoms with van der Waals surface area (Å²) in [7, 11) is 0. The first kappa shape index (κ1) is 24.0. The summed E-state index contributed by atoms with van der Waals surface area (Å²) >= 11 is 0. The maximum absolute atomic E-state index is 12.7. The van der Waals surface area contributed by atoms with Crippen LogP contribution in [0.4, 0.5) is 11.5 Å². The largest absolute Gasteiger partial charge is 0.490 e. The Morgan fingerprint density at radius 2 is 1.73 bits per heavy atom. The van der Waals surface area contributed by atoms with Crippen molar-refractivity contribution in [2.24, 2.45) is 0 Å². The first-order chi connectivity index (χ1) is 18.2. The third-order valence-corrected chi connectivity index (χ3v) is 5.74. The smallest absolute Gasteiger partial charge is 0.251 e. The molecule has 0 bridgehead atoms. The number of rotatable bonds is 10. The minimum Gasteiger partial charge on any atom is -0.490 e. The molecule has 0 saturated heterocycles. The minimum atomic E-state index is -0.143. The van der Waals surface area contributed by atoms with E-state index in [1.165, 1.54) is 0 Å². The molecule has 0 fully saturated rings. The van der Waals surface area contributed by atoms with Crippen molar-refractivity contribution in [2.45, 2.75) is 20.3 Å². The highest BCUT2D eigenvalue weighted by Gasteiger charge is 2.12. The van der Waals surface area contributed by atoms with Gasteiger partial charge in [0, 0.05) is 17.8 Å². The lowest BCUT2D eigenvalue weighted by molar-refractivity contribution is 0.0954. The average molecular weight is 498 g/mol. The molecule has 10 nitrogen and oxygen atoms in total. The Bertz CT molecular complexity index is 1530. The van der Waals surface area contributed by atoms with E-state index < -0.39 is 0 Å². The van der Waals surface area contributed by atoms with E-state index in [9.17, 15) is 4.79 Å². The molecular formula is C27H27N7O3. The fourth-order valence-corrected chi connectivity index (χ4v) is 4.00. The van der Waals surface area contributed by atoms with Crippen LogP contribution in [0.3, 0.4) is 0 Å². The molecule has 37 heavy (non-hydrogen) atoms. The molecule has 1 amide bonds. The Kier molecular flexibility index (Phi) is 7.07. The normalized spacial score (nSPS) is 11.0. The number of carbonyl (C=O) groups is 1. The SMILES string of the molecule is CCOc1ccc(CCNC(=O)c2ccc(Nc3nc4ccccc4n4nnnc34)cc2)cc1OCC. The summed E-state index contributed by atoms with van der Waals surface area (Å²) in [5.41, 5.74) is 4.49. The molecule has 0 aliphatic rings. The van der Waals surface area contributed by atoms with Gasteiger partial charge >= 0.3 is 0 Å². The van der Waals surface area contributed by atoms with Crippen LogP contribution in [0.1, 0.15) is 29.8 Å². The zero-order valence-corrected chi connectivity index (χ0v) is 20.6. The summed E-state index contributed by atoms with van der Waals surface area (Å²) in [6.45, 7) is 5.51. The van der Waals surface area contributed by atoms with E-state index in [1.807, 2.05) is 68.4 Å². The molecule has 0 spiro atoms. The van der Waals surface area contributed by atoms with Gasteiger partial charge in [0.1, 0.15) is 0 Å². The second-order valence-electron chi connectivity index (χ2n) is 8.22. The van der Waals surface area contributed by atoms with Crippen LogP contribution in [0.5, 0.6) is 11.5 Å². The van der Waals surface area contributed by atoms with Crippen molar-refractivity contribution in [3.05, 3.63) is 77.9 Å². The number of hydrogen-bond acceptors (Lipinski definition) is 8. The number of anilines is 2. The van der Waals surface area contributed by atoms with Crippen molar-refractivity contribution in [1.82, 2.24) is 30.3 Å². The van der Waals surface area contributed by atoms with E-state index in [0.717, 1.165) is 33.8 Å². The van der Waals surface area contributed by atoms with Crippen LogP contribution < -0.4 is 20.1 Å². The number of fused-ring (bicyclic) bond motifs is 3. The summed E-state index contributed by atoms with van der Waals surface area (Å²) in [6.07, 6.45) is 0.674. The molecule has 0 saturated carbocycles. The third-order valence-electron chi connectivity index (χ3n) is 5.74. The van der Waals surface area contributed by atoms with Crippen molar-refractivity contribution >= 4 is 34.1 Å². The molecule has 0 aliphatic heterocycles. The lowest BCUT2D eigenvalue weighted by Gasteiger charge is -2.13. The second kappa shape index (κ2) is 10.9. The number of benzene rings is 3. The van der Waals surface area contributed by atoms with Crippen LogP contribution in [0.15, 0.2) is 66.7 Å². The lowest BCUT2D eigenvalue weighted by atomic mass is 10.1. The van der Waals surface area contributed by atoms with Crippen molar-refractivity contribution in [3.8, 4) is 11.5 Å². The summed E-state index contributed by atoms with van der Waals surface area (Å²) in [5.74, 6) is 1.83. The summed E-state index contributed by atoms with van der Waals surface area (Å²) in [4.78, 5) is 17.3. The molecule has 0 unspecified atom stereocenters. The molecule has 10 heteroatoms. The number of amides is 1. The molecule has 5 rings (SSSR count). The zero-order valence-electron chi connectivity index (χ0n) is 20.6. The van der Waals surface area contributed by atoms with Gasteiger partial charge < -0.3 is 20.1 Å². The van der Waals surface area contributed by atoms with Gasteiger partial charge in [0.25, 0.3) is 5.91 Å². The van der Waals surface area contributed by atoms with Gasteiger partial charge in [0.05, 0.1) is 24.2 Å². The van der Waals surface area contributed by atoms with Gasteiger partial charge in [-0.25, -0.2) is 4.98 Å². The number of carbonyl (C=O) groups excluding carboxylic acids is 1. The van der Waals surface area contributed by atoms with Crippen molar-refractivity contribution < 1.29 is 14.3 Å². The van der Waals surface area contributed by atoms with Gasteiger partial charge in [0.2, 0.25) is 5.65 Å². The fourth-order valence-electron chi connectivity index (χ4n) is 4.00. The fraction of sp³-hybridized carbons (Fsp3) is 0.222. The molecule has 0 radical (unpaired) electrons. The standard InChI is InChI=1S/C27H27N7O3/c1-3-36-23-14-9-18(17-24(23)37-4-2)15-16-28-27(35)19-10-12-20(13-11-19)29-25-26-31-32-33-34(26)22-8-6-5-7-21(22)30-25/h5-14,17H,3-4,15-16H2,1-2H3,(H,28,35)(H,29,30). The first-order valence-corrected chi connectivity index (χ1v) is 12.2.